The molecule has 13 nitrogen and oxygen atoms in total. The lowest BCUT2D eigenvalue weighted by atomic mass is 10.1. The molecular weight excluding hydrogens is 537 g/mol. The SMILES string of the molecule is CC#CC(=O)N1CCCC1c1nc(-c2ccc(C(=O)Nc3ccccn3)cc2)c2c(N)nccn12.O=P(O)(O)O. The van der Waals surface area contributed by atoms with Crippen LogP contribution in [-0.4, -0.2) is 57.3 Å². The van der Waals surface area contributed by atoms with Gasteiger partial charge >= 0.3 is 7.82 Å². The van der Waals surface area contributed by atoms with E-state index in [-0.39, 0.29) is 17.9 Å². The minimum Gasteiger partial charge on any atom is -0.382 e. The van der Waals surface area contributed by atoms with Gasteiger partial charge in [-0.25, -0.2) is 19.5 Å². The first kappa shape index (κ1) is 28.4. The first-order valence-electron chi connectivity index (χ1n) is 12.0. The molecule has 1 aliphatic rings. The van der Waals surface area contributed by atoms with Crippen molar-refractivity contribution in [2.75, 3.05) is 17.6 Å². The van der Waals surface area contributed by atoms with Crippen molar-refractivity contribution in [2.45, 2.75) is 25.8 Å². The minimum atomic E-state index is -4.64. The zero-order chi connectivity index (χ0) is 28.9. The Kier molecular flexibility index (Phi) is 8.57. The van der Waals surface area contributed by atoms with E-state index in [1.165, 1.54) is 0 Å². The number of carbonyl (C=O) groups is 2. The average molecular weight is 564 g/mol. The molecule has 1 saturated heterocycles. The second kappa shape index (κ2) is 12.1. The van der Waals surface area contributed by atoms with Gasteiger partial charge in [-0.05, 0) is 50.0 Å². The molecule has 6 N–H and O–H groups in total. The lowest BCUT2D eigenvalue weighted by molar-refractivity contribution is -0.126. The molecule has 0 bridgehead atoms. The van der Waals surface area contributed by atoms with Gasteiger partial charge in [0.2, 0.25) is 0 Å². The Balaban J connectivity index is 0.000000681. The molecule has 1 unspecified atom stereocenters. The van der Waals surface area contributed by atoms with E-state index in [9.17, 15) is 9.59 Å². The third-order valence-corrected chi connectivity index (χ3v) is 5.98. The van der Waals surface area contributed by atoms with E-state index in [2.05, 4.69) is 27.1 Å². The summed E-state index contributed by atoms with van der Waals surface area (Å²) in [5.74, 6) is 6.39. The van der Waals surface area contributed by atoms with Crippen molar-refractivity contribution in [3.63, 3.8) is 0 Å². The van der Waals surface area contributed by atoms with E-state index >= 15 is 0 Å². The first-order chi connectivity index (χ1) is 19.1. The van der Waals surface area contributed by atoms with Gasteiger partial charge in [-0.2, -0.15) is 0 Å². The number of rotatable bonds is 4. The largest absolute Gasteiger partial charge is 0.466 e. The van der Waals surface area contributed by atoms with Crippen molar-refractivity contribution in [2.24, 2.45) is 0 Å². The van der Waals surface area contributed by atoms with E-state index < -0.39 is 7.82 Å². The van der Waals surface area contributed by atoms with Crippen LogP contribution in [-0.2, 0) is 9.36 Å². The fourth-order valence-electron chi connectivity index (χ4n) is 4.39. The zero-order valence-corrected chi connectivity index (χ0v) is 22.2. The van der Waals surface area contributed by atoms with Gasteiger partial charge in [-0.15, -0.1) is 0 Å². The highest BCUT2D eigenvalue weighted by Gasteiger charge is 2.33. The van der Waals surface area contributed by atoms with Crippen LogP contribution in [0.15, 0.2) is 61.1 Å². The highest BCUT2D eigenvalue weighted by atomic mass is 31.2. The van der Waals surface area contributed by atoms with Crippen LogP contribution in [0.3, 0.4) is 0 Å². The number of pyridine rings is 1. The van der Waals surface area contributed by atoms with Gasteiger partial charge in [-0.1, -0.05) is 24.1 Å². The minimum absolute atomic E-state index is 0.210. The number of likely N-dealkylation sites (tertiary alicyclic amines) is 1. The van der Waals surface area contributed by atoms with Crippen molar-refractivity contribution in [1.82, 2.24) is 24.3 Å². The number of carbonyl (C=O) groups excluding carboxylic acids is 2. The second-order valence-corrected chi connectivity index (χ2v) is 9.67. The molecule has 206 valence electrons. The number of phosphoric acid groups is 1. The molecule has 0 radical (unpaired) electrons. The van der Waals surface area contributed by atoms with E-state index in [1.807, 2.05) is 16.5 Å². The molecular formula is C26H26N7O6P. The molecule has 40 heavy (non-hydrogen) atoms. The highest BCUT2D eigenvalue weighted by molar-refractivity contribution is 7.45. The van der Waals surface area contributed by atoms with Gasteiger partial charge in [0.15, 0.2) is 0 Å². The van der Waals surface area contributed by atoms with E-state index in [1.54, 1.807) is 60.7 Å². The molecule has 0 aliphatic carbocycles. The number of amides is 2. The van der Waals surface area contributed by atoms with E-state index in [0.717, 1.165) is 18.4 Å². The highest BCUT2D eigenvalue weighted by Crippen LogP contribution is 2.36. The fourth-order valence-corrected chi connectivity index (χ4v) is 4.39. The predicted octanol–water partition coefficient (Wildman–Crippen LogP) is 2.38. The summed E-state index contributed by atoms with van der Waals surface area (Å²) in [6.45, 7) is 2.28. The summed E-state index contributed by atoms with van der Waals surface area (Å²) in [5, 5.41) is 2.77. The summed E-state index contributed by atoms with van der Waals surface area (Å²) >= 11 is 0. The lowest BCUT2D eigenvalue weighted by Gasteiger charge is -2.21. The van der Waals surface area contributed by atoms with Crippen LogP contribution in [0, 0.1) is 11.8 Å². The summed E-state index contributed by atoms with van der Waals surface area (Å²) in [4.78, 5) is 61.8. The Labute approximate surface area is 229 Å². The number of hydrogen-bond donors (Lipinski definition) is 5. The number of anilines is 2. The molecule has 5 rings (SSSR count). The number of nitrogen functional groups attached to an aromatic ring is 1. The molecule has 1 atom stereocenters. The fraction of sp³-hybridized carbons (Fsp3) is 0.192. The maximum absolute atomic E-state index is 12.6. The van der Waals surface area contributed by atoms with E-state index in [0.29, 0.717) is 40.8 Å². The number of nitrogens with zero attached hydrogens (tertiary/aromatic N) is 5. The van der Waals surface area contributed by atoms with Crippen molar-refractivity contribution < 1.29 is 28.8 Å². The van der Waals surface area contributed by atoms with Crippen molar-refractivity contribution >= 4 is 36.8 Å². The van der Waals surface area contributed by atoms with Crippen molar-refractivity contribution in [3.05, 3.63) is 72.4 Å². The number of fused-ring (bicyclic) bond motifs is 1. The second-order valence-electron chi connectivity index (χ2n) is 8.64. The Morgan fingerprint density at radius 3 is 2.48 bits per heavy atom. The predicted molar refractivity (Wildman–Crippen MR) is 146 cm³/mol. The normalized spacial score (nSPS) is 14.6. The Bertz CT molecular complexity index is 1630. The molecule has 4 aromatic rings. The van der Waals surface area contributed by atoms with Crippen molar-refractivity contribution in [1.29, 1.82) is 0 Å². The Morgan fingerprint density at radius 2 is 1.82 bits per heavy atom. The number of aromatic nitrogens is 4. The topological polar surface area (TPSA) is 196 Å². The van der Waals surface area contributed by atoms with Crippen LogP contribution >= 0.6 is 7.82 Å². The van der Waals surface area contributed by atoms with Gasteiger partial charge in [0, 0.05) is 36.3 Å². The van der Waals surface area contributed by atoms with Crippen LogP contribution < -0.4 is 11.1 Å². The standard InChI is InChI=1S/C26H23N7O2.H3O4P/c1-2-6-21(34)32-15-5-7-19(32)25-31-22(23-24(27)29-14-16-33(23)25)17-9-11-18(12-10-17)26(35)30-20-8-3-4-13-28-20;1-5(2,3)4/h3-4,8-14,16,19H,5,7,15H2,1H3,(H2,27,29)(H,28,30,35);(H3,1,2,3,4). The maximum atomic E-state index is 12.6. The number of hydrogen-bond acceptors (Lipinski definition) is 7. The maximum Gasteiger partial charge on any atom is 0.466 e. The smallest absolute Gasteiger partial charge is 0.382 e. The lowest BCUT2D eigenvalue weighted by Crippen LogP contribution is -2.30. The summed E-state index contributed by atoms with van der Waals surface area (Å²) in [5.41, 5.74) is 8.84. The van der Waals surface area contributed by atoms with Gasteiger partial charge in [0.05, 0.1) is 6.04 Å². The van der Waals surface area contributed by atoms with Gasteiger partial charge < -0.3 is 30.6 Å². The molecule has 0 saturated carbocycles. The average Bonchev–Trinajstić information content (AvgIpc) is 3.54. The Hall–Kier alpha value is -4.60. The molecule has 1 fully saturated rings. The zero-order valence-electron chi connectivity index (χ0n) is 21.3. The molecule has 3 aromatic heterocycles. The van der Waals surface area contributed by atoms with Crippen molar-refractivity contribution in [3.8, 4) is 23.1 Å². The van der Waals surface area contributed by atoms with Gasteiger partial charge in [0.1, 0.15) is 28.7 Å². The van der Waals surface area contributed by atoms with Crippen LogP contribution in [0.1, 0.15) is 42.0 Å². The van der Waals surface area contributed by atoms with Gasteiger partial charge in [-0.3, -0.25) is 14.0 Å². The first-order valence-corrected chi connectivity index (χ1v) is 13.6. The summed E-state index contributed by atoms with van der Waals surface area (Å²) in [6, 6.07) is 12.2. The number of nitrogens with two attached hydrogens (primary N) is 1. The summed E-state index contributed by atoms with van der Waals surface area (Å²) in [7, 11) is -4.64. The van der Waals surface area contributed by atoms with Gasteiger partial charge in [0.25, 0.3) is 11.8 Å². The third-order valence-electron chi connectivity index (χ3n) is 5.98. The van der Waals surface area contributed by atoms with Crippen LogP contribution in [0.5, 0.6) is 0 Å². The number of benzene rings is 1. The molecule has 14 heteroatoms. The van der Waals surface area contributed by atoms with Crippen LogP contribution in [0.2, 0.25) is 0 Å². The third kappa shape index (κ3) is 6.69. The molecule has 0 spiro atoms. The summed E-state index contributed by atoms with van der Waals surface area (Å²) < 4.78 is 10.8. The molecule has 4 heterocycles. The number of nitrogens with one attached hydrogen (secondary N) is 1. The quantitative estimate of drug-likeness (QED) is 0.182. The molecule has 1 aromatic carbocycles. The summed E-state index contributed by atoms with van der Waals surface area (Å²) in [6.07, 6.45) is 6.69. The van der Waals surface area contributed by atoms with Crippen LogP contribution in [0.4, 0.5) is 11.6 Å². The Morgan fingerprint density at radius 1 is 1.10 bits per heavy atom. The monoisotopic (exact) mass is 563 g/mol. The molecule has 2 amide bonds. The number of imidazole rings is 1. The van der Waals surface area contributed by atoms with Crippen LogP contribution in [0.25, 0.3) is 16.8 Å². The molecule has 1 aliphatic heterocycles. The van der Waals surface area contributed by atoms with E-state index in [4.69, 9.17) is 30.0 Å².